The monoisotopic (exact) mass is 521 g/mol. The summed E-state index contributed by atoms with van der Waals surface area (Å²) in [5.74, 6) is -0.124. The van der Waals surface area contributed by atoms with Crippen molar-refractivity contribution in [2.24, 2.45) is 0 Å². The fraction of sp³-hybridized carbons (Fsp3) is 0.296. The van der Waals surface area contributed by atoms with Gasteiger partial charge < -0.3 is 24.8 Å². The normalized spacial score (nSPS) is 16.7. The molecule has 1 saturated heterocycles. The van der Waals surface area contributed by atoms with Crippen LogP contribution in [-0.2, 0) is 14.3 Å². The molecule has 2 aliphatic rings. The second kappa shape index (κ2) is 11.4. The molecular formula is C27H27N3O6S. The highest BCUT2D eigenvalue weighted by molar-refractivity contribution is 7.12. The predicted molar refractivity (Wildman–Crippen MR) is 138 cm³/mol. The molecule has 9 nitrogen and oxygen atoms in total. The first-order valence-corrected chi connectivity index (χ1v) is 13.0. The van der Waals surface area contributed by atoms with Gasteiger partial charge in [-0.25, -0.2) is 0 Å². The lowest BCUT2D eigenvalue weighted by molar-refractivity contribution is -0.126. The summed E-state index contributed by atoms with van der Waals surface area (Å²) in [4.78, 5) is 41.9. The van der Waals surface area contributed by atoms with Gasteiger partial charge in [0.2, 0.25) is 18.6 Å². The van der Waals surface area contributed by atoms with E-state index < -0.39 is 11.9 Å². The molecule has 2 unspecified atom stereocenters. The van der Waals surface area contributed by atoms with Crippen LogP contribution in [0.15, 0.2) is 66.0 Å². The van der Waals surface area contributed by atoms with E-state index in [1.165, 1.54) is 16.2 Å². The standard InChI is InChI=1S/C27H27N3O6S/c31-24(16-29-26(32)23-9-5-13-37-23)30(19-10-11-21-22(14-19)36-17-35-21)25(18-6-2-1-3-7-18)27(33)28-15-20-8-4-12-34-20/h1-3,5-7,9-11,13-14,20,25H,4,8,12,15-17H2,(H,28,33)(H,29,32). The maximum absolute atomic E-state index is 13.7. The number of anilines is 1. The average molecular weight is 522 g/mol. The molecule has 3 amide bonds. The number of carbonyl (C=O) groups is 3. The number of nitrogens with one attached hydrogen (secondary N) is 2. The van der Waals surface area contributed by atoms with E-state index in [0.29, 0.717) is 40.8 Å². The molecule has 2 atom stereocenters. The third kappa shape index (κ3) is 5.76. The second-order valence-corrected chi connectivity index (χ2v) is 9.60. The molecule has 2 N–H and O–H groups in total. The Morgan fingerprint density at radius 1 is 1.00 bits per heavy atom. The number of fused-ring (bicyclic) bond motifs is 1. The molecule has 0 bridgehead atoms. The van der Waals surface area contributed by atoms with Crippen molar-refractivity contribution in [1.82, 2.24) is 10.6 Å². The van der Waals surface area contributed by atoms with Gasteiger partial charge in [0.25, 0.3) is 5.91 Å². The van der Waals surface area contributed by atoms with Crippen LogP contribution in [0, 0.1) is 0 Å². The van der Waals surface area contributed by atoms with Crippen molar-refractivity contribution in [1.29, 1.82) is 0 Å². The maximum atomic E-state index is 13.7. The predicted octanol–water partition coefficient (Wildman–Crippen LogP) is 3.28. The largest absolute Gasteiger partial charge is 0.454 e. The van der Waals surface area contributed by atoms with Gasteiger partial charge in [-0.15, -0.1) is 11.3 Å². The first-order chi connectivity index (χ1) is 18.1. The SMILES string of the molecule is O=C(NCC(=O)N(c1ccc2c(c1)OCO2)C(C(=O)NCC1CCCO1)c1ccccc1)c1cccs1. The van der Waals surface area contributed by atoms with Gasteiger partial charge in [-0.2, -0.15) is 0 Å². The molecule has 1 fully saturated rings. The molecule has 3 heterocycles. The molecule has 10 heteroatoms. The van der Waals surface area contributed by atoms with Crippen LogP contribution in [0.25, 0.3) is 0 Å². The van der Waals surface area contributed by atoms with E-state index in [1.807, 2.05) is 18.2 Å². The van der Waals surface area contributed by atoms with Crippen LogP contribution in [-0.4, -0.2) is 50.3 Å². The number of carbonyl (C=O) groups excluding carboxylic acids is 3. The smallest absolute Gasteiger partial charge is 0.261 e. The van der Waals surface area contributed by atoms with Crippen LogP contribution in [0.4, 0.5) is 5.69 Å². The molecule has 3 aromatic rings. The molecule has 1 aromatic heterocycles. The van der Waals surface area contributed by atoms with E-state index in [2.05, 4.69) is 10.6 Å². The summed E-state index contributed by atoms with van der Waals surface area (Å²) in [6.07, 6.45) is 1.77. The summed E-state index contributed by atoms with van der Waals surface area (Å²) < 4.78 is 16.6. The summed E-state index contributed by atoms with van der Waals surface area (Å²) in [6.45, 7) is 0.802. The summed E-state index contributed by atoms with van der Waals surface area (Å²) in [5.41, 5.74) is 1.07. The number of rotatable bonds is 9. The molecule has 2 aliphatic heterocycles. The topological polar surface area (TPSA) is 106 Å². The number of hydrogen-bond acceptors (Lipinski definition) is 7. The van der Waals surface area contributed by atoms with Crippen molar-refractivity contribution in [3.05, 3.63) is 76.5 Å². The van der Waals surface area contributed by atoms with Crippen LogP contribution in [0.3, 0.4) is 0 Å². The fourth-order valence-electron chi connectivity index (χ4n) is 4.38. The Kier molecular flexibility index (Phi) is 7.67. The van der Waals surface area contributed by atoms with Crippen molar-refractivity contribution in [2.75, 3.05) is 31.4 Å². The van der Waals surface area contributed by atoms with Crippen LogP contribution < -0.4 is 25.0 Å². The van der Waals surface area contributed by atoms with Crippen molar-refractivity contribution in [3.63, 3.8) is 0 Å². The lowest BCUT2D eigenvalue weighted by Gasteiger charge is -2.32. The van der Waals surface area contributed by atoms with Gasteiger partial charge >= 0.3 is 0 Å². The highest BCUT2D eigenvalue weighted by atomic mass is 32.1. The quantitative estimate of drug-likeness (QED) is 0.448. The number of hydrogen-bond donors (Lipinski definition) is 2. The lowest BCUT2D eigenvalue weighted by atomic mass is 10.0. The third-order valence-corrected chi connectivity index (χ3v) is 7.07. The Hall–Kier alpha value is -3.89. The van der Waals surface area contributed by atoms with Gasteiger partial charge in [-0.3, -0.25) is 19.3 Å². The molecule has 0 aliphatic carbocycles. The molecule has 37 heavy (non-hydrogen) atoms. The minimum Gasteiger partial charge on any atom is -0.454 e. The minimum atomic E-state index is -0.992. The van der Waals surface area contributed by atoms with E-state index in [0.717, 1.165) is 12.8 Å². The van der Waals surface area contributed by atoms with Crippen molar-refractivity contribution < 1.29 is 28.6 Å². The van der Waals surface area contributed by atoms with Crippen molar-refractivity contribution in [3.8, 4) is 11.5 Å². The average Bonchev–Trinajstić information content (AvgIpc) is 3.72. The van der Waals surface area contributed by atoms with E-state index in [1.54, 1.807) is 47.8 Å². The molecule has 0 saturated carbocycles. The number of ether oxygens (including phenoxy) is 3. The lowest BCUT2D eigenvalue weighted by Crippen LogP contribution is -2.48. The highest BCUT2D eigenvalue weighted by Gasteiger charge is 2.34. The zero-order valence-corrected chi connectivity index (χ0v) is 20.9. The number of amides is 3. The van der Waals surface area contributed by atoms with E-state index >= 15 is 0 Å². The Labute approximate surface area is 218 Å². The van der Waals surface area contributed by atoms with Crippen LogP contribution >= 0.6 is 11.3 Å². The number of thiophene rings is 1. The van der Waals surface area contributed by atoms with E-state index in [-0.39, 0.29) is 31.3 Å². The zero-order chi connectivity index (χ0) is 25.6. The van der Waals surface area contributed by atoms with Gasteiger partial charge in [0.05, 0.1) is 17.5 Å². The molecule has 0 radical (unpaired) electrons. The zero-order valence-electron chi connectivity index (χ0n) is 20.1. The van der Waals surface area contributed by atoms with E-state index in [9.17, 15) is 14.4 Å². The molecule has 5 rings (SSSR count). The Balaban J connectivity index is 1.46. The van der Waals surface area contributed by atoms with Crippen LogP contribution in [0.2, 0.25) is 0 Å². The fourth-order valence-corrected chi connectivity index (χ4v) is 5.02. The molecule has 0 spiro atoms. The highest BCUT2D eigenvalue weighted by Crippen LogP contribution is 2.38. The Bertz CT molecular complexity index is 1240. The Morgan fingerprint density at radius 2 is 1.84 bits per heavy atom. The van der Waals surface area contributed by atoms with Crippen LogP contribution in [0.5, 0.6) is 11.5 Å². The first-order valence-electron chi connectivity index (χ1n) is 12.1. The van der Waals surface area contributed by atoms with Gasteiger partial charge in [0, 0.05) is 24.9 Å². The Morgan fingerprint density at radius 3 is 2.59 bits per heavy atom. The van der Waals surface area contributed by atoms with E-state index in [4.69, 9.17) is 14.2 Å². The van der Waals surface area contributed by atoms with Gasteiger partial charge in [0.1, 0.15) is 6.04 Å². The minimum absolute atomic E-state index is 0.0554. The molecule has 2 aromatic carbocycles. The number of nitrogens with zero attached hydrogens (tertiary/aromatic N) is 1. The van der Waals surface area contributed by atoms with Crippen LogP contribution in [0.1, 0.15) is 34.1 Å². The summed E-state index contributed by atoms with van der Waals surface area (Å²) >= 11 is 1.28. The second-order valence-electron chi connectivity index (χ2n) is 8.65. The summed E-state index contributed by atoms with van der Waals surface area (Å²) in [5, 5.41) is 7.44. The first kappa shape index (κ1) is 24.8. The van der Waals surface area contributed by atoms with Gasteiger partial charge in [0.15, 0.2) is 11.5 Å². The molecular weight excluding hydrogens is 494 g/mol. The van der Waals surface area contributed by atoms with Crippen molar-refractivity contribution >= 4 is 34.7 Å². The summed E-state index contributed by atoms with van der Waals surface area (Å²) in [7, 11) is 0. The third-order valence-electron chi connectivity index (χ3n) is 6.20. The number of benzene rings is 2. The molecule has 192 valence electrons. The van der Waals surface area contributed by atoms with Gasteiger partial charge in [-0.1, -0.05) is 36.4 Å². The van der Waals surface area contributed by atoms with Crippen molar-refractivity contribution in [2.45, 2.75) is 25.0 Å². The maximum Gasteiger partial charge on any atom is 0.261 e. The van der Waals surface area contributed by atoms with Gasteiger partial charge in [-0.05, 0) is 42.0 Å². The summed E-state index contributed by atoms with van der Waals surface area (Å²) in [6, 6.07) is 16.6.